The topological polar surface area (TPSA) is 78.6 Å². The van der Waals surface area contributed by atoms with E-state index in [0.29, 0.717) is 17.1 Å². The number of rotatable bonds is 6. The monoisotopic (exact) mass is 275 g/mol. The van der Waals surface area contributed by atoms with Crippen LogP contribution in [0.4, 0.5) is 6.01 Å². The maximum atomic E-state index is 10.9. The van der Waals surface area contributed by atoms with E-state index in [0.717, 1.165) is 19.1 Å². The number of aromatic nitrogens is 1. The predicted octanol–water partition coefficient (Wildman–Crippen LogP) is 2.03. The van der Waals surface area contributed by atoms with Crippen molar-refractivity contribution in [3.05, 3.63) is 23.8 Å². The Morgan fingerprint density at radius 3 is 3.05 bits per heavy atom. The van der Waals surface area contributed by atoms with Crippen LogP contribution in [0.2, 0.25) is 0 Å². The molecule has 106 valence electrons. The Labute approximate surface area is 116 Å². The van der Waals surface area contributed by atoms with Crippen LogP contribution in [0.15, 0.2) is 22.6 Å². The molecule has 1 heterocycles. The second-order valence-electron chi connectivity index (χ2n) is 5.15. The Kier molecular flexibility index (Phi) is 3.31. The van der Waals surface area contributed by atoms with Crippen LogP contribution in [-0.4, -0.2) is 47.1 Å². The number of aromatic carboxylic acids is 1. The van der Waals surface area contributed by atoms with Gasteiger partial charge in [-0.25, -0.2) is 4.79 Å². The number of carboxylic acids is 1. The van der Waals surface area contributed by atoms with Crippen molar-refractivity contribution in [2.45, 2.75) is 18.9 Å². The van der Waals surface area contributed by atoms with Gasteiger partial charge in [-0.3, -0.25) is 0 Å². The molecule has 0 aliphatic heterocycles. The van der Waals surface area contributed by atoms with Gasteiger partial charge in [-0.05, 0) is 38.1 Å². The number of nitrogens with zero attached hydrogens (tertiary/aromatic N) is 2. The van der Waals surface area contributed by atoms with E-state index >= 15 is 0 Å². The minimum absolute atomic E-state index is 0.202. The van der Waals surface area contributed by atoms with Gasteiger partial charge in [0.05, 0.1) is 5.56 Å². The zero-order valence-electron chi connectivity index (χ0n) is 11.3. The summed E-state index contributed by atoms with van der Waals surface area (Å²) < 4.78 is 5.51. The molecule has 1 aromatic carbocycles. The average Bonchev–Trinajstić information content (AvgIpc) is 3.18. The minimum Gasteiger partial charge on any atom is -0.478 e. The van der Waals surface area contributed by atoms with E-state index in [2.05, 4.69) is 22.2 Å². The maximum absolute atomic E-state index is 10.9. The third-order valence-electron chi connectivity index (χ3n) is 3.55. The molecule has 6 nitrogen and oxygen atoms in total. The van der Waals surface area contributed by atoms with Gasteiger partial charge in [-0.15, -0.1) is 0 Å². The lowest BCUT2D eigenvalue weighted by molar-refractivity contribution is 0.0697. The van der Waals surface area contributed by atoms with Gasteiger partial charge in [0.25, 0.3) is 6.01 Å². The van der Waals surface area contributed by atoms with Crippen LogP contribution < -0.4 is 5.32 Å². The summed E-state index contributed by atoms with van der Waals surface area (Å²) in [7, 11) is 2.12. The highest BCUT2D eigenvalue weighted by atomic mass is 16.4. The fourth-order valence-corrected chi connectivity index (χ4v) is 2.17. The van der Waals surface area contributed by atoms with Crippen molar-refractivity contribution >= 4 is 23.1 Å². The molecule has 0 bridgehead atoms. The Balaban J connectivity index is 1.64. The van der Waals surface area contributed by atoms with Crippen LogP contribution in [0.1, 0.15) is 23.2 Å². The molecular formula is C14H17N3O3. The number of oxazole rings is 1. The highest BCUT2D eigenvalue weighted by Crippen LogP contribution is 2.25. The average molecular weight is 275 g/mol. The summed E-state index contributed by atoms with van der Waals surface area (Å²) in [5.74, 6) is -0.969. The van der Waals surface area contributed by atoms with E-state index in [9.17, 15) is 4.79 Å². The van der Waals surface area contributed by atoms with E-state index in [-0.39, 0.29) is 5.56 Å². The highest BCUT2D eigenvalue weighted by Gasteiger charge is 2.25. The van der Waals surface area contributed by atoms with Gasteiger partial charge in [-0.2, -0.15) is 4.98 Å². The number of carbonyl (C=O) groups is 1. The van der Waals surface area contributed by atoms with E-state index < -0.39 is 5.97 Å². The maximum Gasteiger partial charge on any atom is 0.335 e. The summed E-state index contributed by atoms with van der Waals surface area (Å²) in [4.78, 5) is 17.5. The van der Waals surface area contributed by atoms with Gasteiger partial charge in [0, 0.05) is 19.1 Å². The normalized spacial score (nSPS) is 14.9. The van der Waals surface area contributed by atoms with Crippen molar-refractivity contribution in [2.75, 3.05) is 25.5 Å². The molecule has 0 spiro atoms. The smallest absolute Gasteiger partial charge is 0.335 e. The second-order valence-corrected chi connectivity index (χ2v) is 5.15. The number of hydrogen-bond acceptors (Lipinski definition) is 5. The predicted molar refractivity (Wildman–Crippen MR) is 75.1 cm³/mol. The molecule has 1 saturated carbocycles. The fourth-order valence-electron chi connectivity index (χ4n) is 2.17. The van der Waals surface area contributed by atoms with Crippen molar-refractivity contribution < 1.29 is 14.3 Å². The first-order valence-electron chi connectivity index (χ1n) is 6.71. The van der Waals surface area contributed by atoms with Crippen LogP contribution in [0.25, 0.3) is 11.1 Å². The summed E-state index contributed by atoms with van der Waals surface area (Å²) in [5.41, 5.74) is 1.35. The summed E-state index contributed by atoms with van der Waals surface area (Å²) >= 11 is 0. The lowest BCUT2D eigenvalue weighted by atomic mass is 10.2. The fraction of sp³-hybridized carbons (Fsp3) is 0.429. The summed E-state index contributed by atoms with van der Waals surface area (Å²) in [5, 5.41) is 12.1. The number of benzene rings is 1. The number of carboxylic acid groups (broad SMARTS) is 1. The zero-order chi connectivity index (χ0) is 14.1. The Morgan fingerprint density at radius 2 is 2.35 bits per heavy atom. The number of anilines is 1. The third-order valence-corrected chi connectivity index (χ3v) is 3.55. The molecule has 6 heteroatoms. The SMILES string of the molecule is CN(CCNc1nc2ccc(C(=O)O)cc2o1)C1CC1. The van der Waals surface area contributed by atoms with Gasteiger partial charge >= 0.3 is 5.97 Å². The number of likely N-dealkylation sites (N-methyl/N-ethyl adjacent to an activating group) is 1. The molecule has 3 rings (SSSR count). The van der Waals surface area contributed by atoms with Crippen molar-refractivity contribution in [1.29, 1.82) is 0 Å². The molecule has 0 saturated heterocycles. The van der Waals surface area contributed by atoms with E-state index in [1.807, 2.05) is 0 Å². The highest BCUT2D eigenvalue weighted by molar-refractivity contribution is 5.92. The summed E-state index contributed by atoms with van der Waals surface area (Å²) in [6, 6.07) is 5.85. The summed E-state index contributed by atoms with van der Waals surface area (Å²) in [6.45, 7) is 1.69. The molecule has 0 unspecified atom stereocenters. The number of fused-ring (bicyclic) bond motifs is 1. The van der Waals surface area contributed by atoms with Crippen LogP contribution >= 0.6 is 0 Å². The van der Waals surface area contributed by atoms with Gasteiger partial charge in [0.15, 0.2) is 5.58 Å². The van der Waals surface area contributed by atoms with Crippen molar-refractivity contribution in [2.24, 2.45) is 0 Å². The van der Waals surface area contributed by atoms with Gasteiger partial charge in [-0.1, -0.05) is 0 Å². The minimum atomic E-state index is -0.969. The zero-order valence-corrected chi connectivity index (χ0v) is 11.3. The van der Waals surface area contributed by atoms with Crippen LogP contribution in [0.5, 0.6) is 0 Å². The van der Waals surface area contributed by atoms with E-state index in [1.54, 1.807) is 6.07 Å². The first-order chi connectivity index (χ1) is 9.63. The molecule has 0 amide bonds. The second kappa shape index (κ2) is 5.13. The van der Waals surface area contributed by atoms with Crippen LogP contribution in [-0.2, 0) is 0 Å². The number of nitrogens with one attached hydrogen (secondary N) is 1. The quantitative estimate of drug-likeness (QED) is 0.840. The molecule has 0 radical (unpaired) electrons. The molecule has 2 aromatic rings. The molecule has 1 aromatic heterocycles. The van der Waals surface area contributed by atoms with Gasteiger partial charge in [0.2, 0.25) is 0 Å². The van der Waals surface area contributed by atoms with E-state index in [4.69, 9.17) is 9.52 Å². The first kappa shape index (κ1) is 12.9. The standard InChI is InChI=1S/C14H17N3O3/c1-17(10-3-4-10)7-6-15-14-16-11-5-2-9(13(18)19)8-12(11)20-14/h2,5,8,10H,3-4,6-7H2,1H3,(H,15,16)(H,18,19). The van der Waals surface area contributed by atoms with Gasteiger partial charge < -0.3 is 19.7 Å². The molecule has 1 aliphatic carbocycles. The lowest BCUT2D eigenvalue weighted by Crippen LogP contribution is -2.27. The molecule has 1 aliphatic rings. The first-order valence-corrected chi connectivity index (χ1v) is 6.71. The third kappa shape index (κ3) is 2.75. The van der Waals surface area contributed by atoms with Gasteiger partial charge in [0.1, 0.15) is 5.52 Å². The Bertz CT molecular complexity index is 634. The Morgan fingerprint density at radius 1 is 1.55 bits per heavy atom. The molecule has 0 atom stereocenters. The Hall–Kier alpha value is -2.08. The molecule has 2 N–H and O–H groups in total. The van der Waals surface area contributed by atoms with Crippen molar-refractivity contribution in [3.8, 4) is 0 Å². The van der Waals surface area contributed by atoms with Crippen molar-refractivity contribution in [1.82, 2.24) is 9.88 Å². The largest absolute Gasteiger partial charge is 0.478 e. The molecular weight excluding hydrogens is 258 g/mol. The van der Waals surface area contributed by atoms with Crippen LogP contribution in [0, 0.1) is 0 Å². The number of hydrogen-bond donors (Lipinski definition) is 2. The summed E-state index contributed by atoms with van der Waals surface area (Å²) in [6.07, 6.45) is 2.58. The van der Waals surface area contributed by atoms with E-state index in [1.165, 1.54) is 25.0 Å². The molecule has 1 fully saturated rings. The lowest BCUT2D eigenvalue weighted by Gasteiger charge is -2.14. The van der Waals surface area contributed by atoms with Crippen LogP contribution in [0.3, 0.4) is 0 Å². The molecule has 20 heavy (non-hydrogen) atoms. The van der Waals surface area contributed by atoms with Crippen molar-refractivity contribution in [3.63, 3.8) is 0 Å².